The Morgan fingerprint density at radius 1 is 1.32 bits per heavy atom. The molecule has 0 radical (unpaired) electrons. The zero-order valence-electron chi connectivity index (χ0n) is 11.8. The van der Waals surface area contributed by atoms with Gasteiger partial charge < -0.3 is 15.0 Å². The van der Waals surface area contributed by atoms with Crippen molar-refractivity contribution >= 4 is 5.69 Å². The number of hydrogen-bond acceptors (Lipinski definition) is 3. The van der Waals surface area contributed by atoms with Crippen molar-refractivity contribution in [3.05, 3.63) is 23.8 Å². The third kappa shape index (κ3) is 3.21. The Morgan fingerprint density at radius 3 is 3.00 bits per heavy atom. The molecule has 2 aliphatic rings. The van der Waals surface area contributed by atoms with Crippen LogP contribution in [0.25, 0.3) is 0 Å². The molecule has 1 N–H and O–H groups in total. The molecule has 0 amide bonds. The summed E-state index contributed by atoms with van der Waals surface area (Å²) >= 11 is 0. The molecule has 3 nitrogen and oxygen atoms in total. The molecular weight excluding hydrogens is 236 g/mol. The van der Waals surface area contributed by atoms with Crippen molar-refractivity contribution in [2.75, 3.05) is 38.6 Å². The number of likely N-dealkylation sites (tertiary alicyclic amines) is 1. The Morgan fingerprint density at radius 2 is 2.16 bits per heavy atom. The lowest BCUT2D eigenvalue weighted by Crippen LogP contribution is -2.32. The fraction of sp³-hybridized carbons (Fsp3) is 0.625. The summed E-state index contributed by atoms with van der Waals surface area (Å²) < 4.78 is 5.99. The van der Waals surface area contributed by atoms with Gasteiger partial charge in [0.1, 0.15) is 5.75 Å². The first-order valence-corrected chi connectivity index (χ1v) is 7.49. The third-order valence-electron chi connectivity index (χ3n) is 4.34. The summed E-state index contributed by atoms with van der Waals surface area (Å²) in [5.74, 6) is 1.74. The monoisotopic (exact) mass is 260 g/mol. The van der Waals surface area contributed by atoms with E-state index in [9.17, 15) is 0 Å². The maximum Gasteiger partial charge on any atom is 0.121 e. The van der Waals surface area contributed by atoms with Crippen molar-refractivity contribution < 1.29 is 4.74 Å². The molecule has 19 heavy (non-hydrogen) atoms. The lowest BCUT2D eigenvalue weighted by Gasteiger charge is -2.28. The van der Waals surface area contributed by atoms with Gasteiger partial charge in [0, 0.05) is 18.3 Å². The minimum Gasteiger partial charge on any atom is -0.493 e. The van der Waals surface area contributed by atoms with E-state index in [1.807, 2.05) is 0 Å². The quantitative estimate of drug-likeness (QED) is 0.904. The van der Waals surface area contributed by atoms with E-state index in [-0.39, 0.29) is 0 Å². The van der Waals surface area contributed by atoms with Crippen LogP contribution in [0.15, 0.2) is 18.2 Å². The van der Waals surface area contributed by atoms with Crippen LogP contribution in [0, 0.1) is 5.92 Å². The summed E-state index contributed by atoms with van der Waals surface area (Å²) in [6.07, 6.45) is 4.96. The number of nitrogens with zero attached hydrogens (tertiary/aromatic N) is 1. The summed E-state index contributed by atoms with van der Waals surface area (Å²) in [5.41, 5.74) is 2.70. The highest BCUT2D eigenvalue weighted by atomic mass is 16.5. The number of fused-ring (bicyclic) bond motifs is 1. The minimum absolute atomic E-state index is 0.722. The van der Waals surface area contributed by atoms with Crippen LogP contribution < -0.4 is 10.1 Å². The van der Waals surface area contributed by atoms with Gasteiger partial charge in [0.05, 0.1) is 6.61 Å². The van der Waals surface area contributed by atoms with Crippen LogP contribution in [-0.2, 0) is 6.42 Å². The van der Waals surface area contributed by atoms with Gasteiger partial charge in [-0.1, -0.05) is 6.07 Å². The van der Waals surface area contributed by atoms with Crippen LogP contribution in [-0.4, -0.2) is 38.2 Å². The molecular formula is C16H24N2O. The van der Waals surface area contributed by atoms with Crippen LogP contribution >= 0.6 is 0 Å². The molecule has 0 unspecified atom stereocenters. The Hall–Kier alpha value is -1.22. The molecule has 2 aliphatic heterocycles. The van der Waals surface area contributed by atoms with Crippen molar-refractivity contribution in [1.29, 1.82) is 0 Å². The van der Waals surface area contributed by atoms with Gasteiger partial charge in [0.2, 0.25) is 0 Å². The Kier molecular flexibility index (Phi) is 3.92. The Balaban J connectivity index is 1.55. The van der Waals surface area contributed by atoms with Gasteiger partial charge in [-0.3, -0.25) is 0 Å². The van der Waals surface area contributed by atoms with Crippen molar-refractivity contribution in [2.24, 2.45) is 5.92 Å². The largest absolute Gasteiger partial charge is 0.493 e. The smallest absolute Gasteiger partial charge is 0.121 e. The summed E-state index contributed by atoms with van der Waals surface area (Å²) in [6, 6.07) is 6.51. The fourth-order valence-corrected chi connectivity index (χ4v) is 2.97. The minimum atomic E-state index is 0.722. The van der Waals surface area contributed by atoms with Gasteiger partial charge >= 0.3 is 0 Å². The van der Waals surface area contributed by atoms with Gasteiger partial charge in [-0.05, 0) is 63.4 Å². The van der Waals surface area contributed by atoms with Crippen molar-refractivity contribution in [3.8, 4) is 5.75 Å². The summed E-state index contributed by atoms with van der Waals surface area (Å²) in [5, 5.41) is 3.46. The van der Waals surface area contributed by atoms with E-state index >= 15 is 0 Å². The van der Waals surface area contributed by atoms with Gasteiger partial charge in [0.15, 0.2) is 0 Å². The number of benzene rings is 1. The van der Waals surface area contributed by atoms with Gasteiger partial charge in [-0.25, -0.2) is 0 Å². The normalized spacial score (nSPS) is 20.7. The van der Waals surface area contributed by atoms with Gasteiger partial charge in [-0.2, -0.15) is 0 Å². The highest BCUT2D eigenvalue weighted by Gasteiger charge is 2.17. The maximum absolute atomic E-state index is 5.99. The molecule has 1 saturated heterocycles. The number of aryl methyl sites for hydroxylation is 1. The first-order valence-electron chi connectivity index (χ1n) is 7.49. The third-order valence-corrected chi connectivity index (χ3v) is 4.34. The highest BCUT2D eigenvalue weighted by Crippen LogP contribution is 2.27. The molecule has 0 atom stereocenters. The SMILES string of the molecule is CN1CCC(COc2ccc3c(c2)NCCC3)CC1. The van der Waals surface area contributed by atoms with Gasteiger partial charge in [-0.15, -0.1) is 0 Å². The first kappa shape index (κ1) is 12.8. The topological polar surface area (TPSA) is 24.5 Å². The Labute approximate surface area is 115 Å². The molecule has 0 bridgehead atoms. The zero-order valence-corrected chi connectivity index (χ0v) is 11.8. The van der Waals surface area contributed by atoms with Crippen LogP contribution in [0.3, 0.4) is 0 Å². The van der Waals surface area contributed by atoms with E-state index < -0.39 is 0 Å². The first-order chi connectivity index (χ1) is 9.31. The lowest BCUT2D eigenvalue weighted by atomic mass is 9.98. The zero-order chi connectivity index (χ0) is 13.1. The van der Waals surface area contributed by atoms with E-state index in [4.69, 9.17) is 4.74 Å². The van der Waals surface area contributed by atoms with Crippen LogP contribution in [0.5, 0.6) is 5.75 Å². The molecule has 2 heterocycles. The second-order valence-electron chi connectivity index (χ2n) is 5.91. The second-order valence-corrected chi connectivity index (χ2v) is 5.91. The molecule has 104 valence electrons. The lowest BCUT2D eigenvalue weighted by molar-refractivity contribution is 0.160. The van der Waals surface area contributed by atoms with Crippen LogP contribution in [0.1, 0.15) is 24.8 Å². The van der Waals surface area contributed by atoms with E-state index in [0.29, 0.717) is 0 Å². The molecule has 1 aromatic rings. The number of hydrogen-bond donors (Lipinski definition) is 1. The Bertz CT molecular complexity index is 425. The van der Waals surface area contributed by atoms with Crippen LogP contribution in [0.2, 0.25) is 0 Å². The summed E-state index contributed by atoms with van der Waals surface area (Å²) in [6.45, 7) is 4.37. The maximum atomic E-state index is 5.99. The fourth-order valence-electron chi connectivity index (χ4n) is 2.97. The molecule has 1 fully saturated rings. The number of ether oxygens (including phenoxy) is 1. The average molecular weight is 260 g/mol. The molecule has 0 aliphatic carbocycles. The summed E-state index contributed by atoms with van der Waals surface area (Å²) in [7, 11) is 2.20. The number of anilines is 1. The molecule has 0 aromatic heterocycles. The number of nitrogens with one attached hydrogen (secondary N) is 1. The number of rotatable bonds is 3. The molecule has 3 heteroatoms. The van der Waals surface area contributed by atoms with Crippen molar-refractivity contribution in [3.63, 3.8) is 0 Å². The van der Waals surface area contributed by atoms with Gasteiger partial charge in [0.25, 0.3) is 0 Å². The predicted octanol–water partition coefficient (Wildman–Crippen LogP) is 2.77. The molecule has 0 saturated carbocycles. The standard InChI is InChI=1S/C16H24N2O/c1-18-9-6-13(7-10-18)12-19-15-5-4-14-3-2-8-17-16(14)11-15/h4-5,11,13,17H,2-3,6-10,12H2,1H3. The van der Waals surface area contributed by atoms with E-state index in [2.05, 4.69) is 35.5 Å². The predicted molar refractivity (Wildman–Crippen MR) is 79.0 cm³/mol. The average Bonchev–Trinajstić information content (AvgIpc) is 2.46. The van der Waals surface area contributed by atoms with E-state index in [1.165, 1.54) is 50.0 Å². The van der Waals surface area contributed by atoms with Crippen LogP contribution in [0.4, 0.5) is 5.69 Å². The molecule has 3 rings (SSSR count). The van der Waals surface area contributed by atoms with E-state index in [1.54, 1.807) is 0 Å². The second kappa shape index (κ2) is 5.83. The highest BCUT2D eigenvalue weighted by molar-refractivity contribution is 5.56. The number of piperidine rings is 1. The van der Waals surface area contributed by atoms with Crippen molar-refractivity contribution in [2.45, 2.75) is 25.7 Å². The van der Waals surface area contributed by atoms with E-state index in [0.717, 1.165) is 24.8 Å². The molecule has 0 spiro atoms. The summed E-state index contributed by atoms with van der Waals surface area (Å²) in [4.78, 5) is 2.40. The molecule has 1 aromatic carbocycles. The van der Waals surface area contributed by atoms with Crippen molar-refractivity contribution in [1.82, 2.24) is 4.90 Å².